The number of carbonyl (C=O) groups excluding carboxylic acids is 1. The van der Waals surface area contributed by atoms with Crippen LogP contribution in [0.4, 0.5) is 8.78 Å². The Morgan fingerprint density at radius 3 is 2.70 bits per heavy atom. The molecule has 1 amide bonds. The molecule has 0 spiro atoms. The van der Waals surface area contributed by atoms with Crippen LogP contribution in [0.3, 0.4) is 0 Å². The average Bonchev–Trinajstić information content (AvgIpc) is 3.35. The molecular weight excluding hydrogens is 392 g/mol. The summed E-state index contributed by atoms with van der Waals surface area (Å²) in [7, 11) is 0. The van der Waals surface area contributed by atoms with Gasteiger partial charge in [0.15, 0.2) is 0 Å². The Morgan fingerprint density at radius 1 is 1.13 bits per heavy atom. The number of benzene rings is 2. The molecule has 152 valence electrons. The molecule has 30 heavy (non-hydrogen) atoms. The number of rotatable bonds is 6. The van der Waals surface area contributed by atoms with Gasteiger partial charge in [-0.25, -0.2) is 13.8 Å². The maximum absolute atomic E-state index is 13.7. The number of hydrogen-bond donors (Lipinski definition) is 1. The van der Waals surface area contributed by atoms with Gasteiger partial charge < -0.3 is 14.4 Å². The number of carbonyl (C=O) groups is 1. The number of aryl methyl sites for hydroxylation is 1. The lowest BCUT2D eigenvalue weighted by molar-refractivity contribution is -0.121. The van der Waals surface area contributed by atoms with Crippen molar-refractivity contribution in [1.29, 1.82) is 0 Å². The first-order valence-corrected chi connectivity index (χ1v) is 9.13. The van der Waals surface area contributed by atoms with Crippen LogP contribution in [0.1, 0.15) is 11.4 Å². The minimum atomic E-state index is -0.706. The van der Waals surface area contributed by atoms with Crippen molar-refractivity contribution in [3.05, 3.63) is 77.8 Å². The van der Waals surface area contributed by atoms with E-state index in [1.807, 2.05) is 30.3 Å². The van der Waals surface area contributed by atoms with E-state index in [1.54, 1.807) is 17.7 Å². The molecule has 2 aromatic carbocycles. The molecular formula is C21H17F2N5O2. The van der Waals surface area contributed by atoms with Crippen LogP contribution < -0.4 is 5.32 Å². The van der Waals surface area contributed by atoms with Crippen LogP contribution in [0.15, 0.2) is 59.3 Å². The second-order valence-electron chi connectivity index (χ2n) is 6.60. The van der Waals surface area contributed by atoms with E-state index in [2.05, 4.69) is 20.4 Å². The van der Waals surface area contributed by atoms with Gasteiger partial charge in [-0.3, -0.25) is 4.79 Å². The number of nitrogens with zero attached hydrogens (tertiary/aromatic N) is 4. The molecule has 0 saturated heterocycles. The molecule has 9 heteroatoms. The standard InChI is InChI=1S/C21H17F2N5O2/c1-13-25-18(20-26-21(30-27-20)14-5-3-2-4-6-14)11-28(13)12-19(29)24-10-15-7-8-16(22)9-17(15)23/h2-9,11H,10,12H2,1H3,(H,24,29). The Labute approximate surface area is 170 Å². The summed E-state index contributed by atoms with van der Waals surface area (Å²) in [6.07, 6.45) is 1.65. The molecule has 2 aromatic heterocycles. The van der Waals surface area contributed by atoms with E-state index in [4.69, 9.17) is 4.52 Å². The summed E-state index contributed by atoms with van der Waals surface area (Å²) < 4.78 is 33.6. The molecule has 0 fully saturated rings. The zero-order chi connectivity index (χ0) is 21.1. The predicted octanol–water partition coefficient (Wildman–Crippen LogP) is 3.50. The van der Waals surface area contributed by atoms with Gasteiger partial charge in [-0.2, -0.15) is 4.98 Å². The molecule has 0 aliphatic rings. The number of halogens is 2. The van der Waals surface area contributed by atoms with Crippen LogP contribution in [-0.2, 0) is 17.9 Å². The summed E-state index contributed by atoms with van der Waals surface area (Å²) in [6, 6.07) is 12.6. The summed E-state index contributed by atoms with van der Waals surface area (Å²) in [4.78, 5) is 21.0. The smallest absolute Gasteiger partial charge is 0.258 e. The van der Waals surface area contributed by atoms with Crippen LogP contribution in [-0.4, -0.2) is 25.6 Å². The fourth-order valence-electron chi connectivity index (χ4n) is 2.87. The summed E-state index contributed by atoms with van der Waals surface area (Å²) in [5.74, 6) is -0.451. The van der Waals surface area contributed by atoms with Crippen molar-refractivity contribution >= 4 is 5.91 Å². The van der Waals surface area contributed by atoms with E-state index >= 15 is 0 Å². The SMILES string of the molecule is Cc1nc(-c2noc(-c3ccccc3)n2)cn1CC(=O)NCc1ccc(F)cc1F. The highest BCUT2D eigenvalue weighted by Crippen LogP contribution is 2.21. The normalized spacial score (nSPS) is 10.9. The molecule has 1 N–H and O–H groups in total. The Bertz CT molecular complexity index is 1190. The fraction of sp³-hybridized carbons (Fsp3) is 0.143. The van der Waals surface area contributed by atoms with Gasteiger partial charge >= 0.3 is 0 Å². The van der Waals surface area contributed by atoms with Crippen LogP contribution >= 0.6 is 0 Å². The number of nitrogens with one attached hydrogen (secondary N) is 1. The van der Waals surface area contributed by atoms with E-state index in [9.17, 15) is 13.6 Å². The predicted molar refractivity (Wildman–Crippen MR) is 104 cm³/mol. The number of amides is 1. The molecule has 4 rings (SSSR count). The third-order valence-electron chi connectivity index (χ3n) is 4.46. The quantitative estimate of drug-likeness (QED) is 0.527. The maximum atomic E-state index is 13.7. The number of imidazole rings is 1. The Balaban J connectivity index is 1.43. The van der Waals surface area contributed by atoms with Gasteiger partial charge in [0.05, 0.1) is 0 Å². The third kappa shape index (κ3) is 4.24. The first-order chi connectivity index (χ1) is 14.5. The maximum Gasteiger partial charge on any atom is 0.258 e. The first-order valence-electron chi connectivity index (χ1n) is 9.13. The van der Waals surface area contributed by atoms with Crippen molar-refractivity contribution in [2.75, 3.05) is 0 Å². The van der Waals surface area contributed by atoms with Crippen molar-refractivity contribution < 1.29 is 18.1 Å². The highest BCUT2D eigenvalue weighted by molar-refractivity contribution is 5.76. The van der Waals surface area contributed by atoms with Gasteiger partial charge in [0.25, 0.3) is 5.89 Å². The van der Waals surface area contributed by atoms with Crippen LogP contribution in [0.25, 0.3) is 23.0 Å². The molecule has 2 heterocycles. The molecule has 0 atom stereocenters. The van der Waals surface area contributed by atoms with Gasteiger partial charge in [-0.15, -0.1) is 0 Å². The van der Waals surface area contributed by atoms with Crippen LogP contribution in [0, 0.1) is 18.6 Å². The van der Waals surface area contributed by atoms with Gasteiger partial charge in [0, 0.05) is 29.9 Å². The van der Waals surface area contributed by atoms with Gasteiger partial charge in [0.1, 0.15) is 29.7 Å². The minimum absolute atomic E-state index is 0.0228. The van der Waals surface area contributed by atoms with Crippen LogP contribution in [0.5, 0.6) is 0 Å². The van der Waals surface area contributed by atoms with E-state index < -0.39 is 11.6 Å². The zero-order valence-electron chi connectivity index (χ0n) is 16.0. The summed E-state index contributed by atoms with van der Waals surface area (Å²) in [5, 5.41) is 6.56. The third-order valence-corrected chi connectivity index (χ3v) is 4.46. The summed E-state index contributed by atoms with van der Waals surface area (Å²) in [6.45, 7) is 1.68. The Hall–Kier alpha value is -3.88. The van der Waals surface area contributed by atoms with Crippen molar-refractivity contribution in [2.45, 2.75) is 20.0 Å². The zero-order valence-corrected chi connectivity index (χ0v) is 16.0. The summed E-state index contributed by atoms with van der Waals surface area (Å²) >= 11 is 0. The first kappa shape index (κ1) is 19.4. The monoisotopic (exact) mass is 409 g/mol. The topological polar surface area (TPSA) is 85.8 Å². The van der Waals surface area contributed by atoms with Crippen molar-refractivity contribution in [3.8, 4) is 23.0 Å². The van der Waals surface area contributed by atoms with Gasteiger partial charge in [0.2, 0.25) is 11.7 Å². The Morgan fingerprint density at radius 2 is 1.93 bits per heavy atom. The van der Waals surface area contributed by atoms with Crippen molar-refractivity contribution in [1.82, 2.24) is 25.0 Å². The second kappa shape index (κ2) is 8.24. The molecule has 4 aromatic rings. The lowest BCUT2D eigenvalue weighted by Gasteiger charge is -2.08. The van der Waals surface area contributed by atoms with Gasteiger partial charge in [-0.1, -0.05) is 29.4 Å². The molecule has 0 saturated carbocycles. The largest absolute Gasteiger partial charge is 0.350 e. The lowest BCUT2D eigenvalue weighted by Crippen LogP contribution is -2.27. The molecule has 0 unspecified atom stereocenters. The molecule has 0 bridgehead atoms. The van der Waals surface area contributed by atoms with Crippen molar-refractivity contribution in [3.63, 3.8) is 0 Å². The lowest BCUT2D eigenvalue weighted by atomic mass is 10.2. The molecule has 0 aliphatic carbocycles. The minimum Gasteiger partial charge on any atom is -0.350 e. The average molecular weight is 409 g/mol. The van der Waals surface area contributed by atoms with Crippen LogP contribution in [0.2, 0.25) is 0 Å². The molecule has 7 nitrogen and oxygen atoms in total. The molecule has 0 radical (unpaired) electrons. The van der Waals surface area contributed by atoms with E-state index in [0.717, 1.165) is 17.7 Å². The van der Waals surface area contributed by atoms with Gasteiger partial charge in [-0.05, 0) is 25.1 Å². The second-order valence-corrected chi connectivity index (χ2v) is 6.60. The summed E-state index contributed by atoms with van der Waals surface area (Å²) in [5.41, 5.74) is 1.46. The highest BCUT2D eigenvalue weighted by atomic mass is 19.1. The van der Waals surface area contributed by atoms with E-state index in [0.29, 0.717) is 23.2 Å². The number of hydrogen-bond acceptors (Lipinski definition) is 5. The fourth-order valence-corrected chi connectivity index (χ4v) is 2.87. The molecule has 0 aliphatic heterocycles. The highest BCUT2D eigenvalue weighted by Gasteiger charge is 2.16. The van der Waals surface area contributed by atoms with E-state index in [1.165, 1.54) is 6.07 Å². The van der Waals surface area contributed by atoms with Crippen molar-refractivity contribution in [2.24, 2.45) is 0 Å². The van der Waals surface area contributed by atoms with E-state index in [-0.39, 0.29) is 24.6 Å². The Kier molecular flexibility index (Phi) is 5.34. The number of aromatic nitrogens is 4.